The van der Waals surface area contributed by atoms with Gasteiger partial charge in [0.2, 0.25) is 0 Å². The number of anilines is 2. The van der Waals surface area contributed by atoms with Crippen LogP contribution < -0.4 is 16.0 Å². The number of fused-ring (bicyclic) bond motifs is 2. The second kappa shape index (κ2) is 10.9. The highest BCUT2D eigenvalue weighted by Gasteiger charge is 2.38. The van der Waals surface area contributed by atoms with E-state index in [0.29, 0.717) is 36.6 Å². The van der Waals surface area contributed by atoms with Gasteiger partial charge in [-0.25, -0.2) is 19.3 Å². The molecule has 208 valence electrons. The number of halogens is 4. The summed E-state index contributed by atoms with van der Waals surface area (Å²) in [6.07, 6.45) is 2.66. The number of nitrogen functional groups attached to an aromatic ring is 1. The Labute approximate surface area is 223 Å². The van der Waals surface area contributed by atoms with Crippen molar-refractivity contribution in [2.75, 3.05) is 23.7 Å². The first-order valence-corrected chi connectivity index (χ1v) is 12.0. The molecule has 39 heavy (non-hydrogen) atoms. The predicted molar refractivity (Wildman–Crippen MR) is 135 cm³/mol. The maximum absolute atomic E-state index is 13.2. The van der Waals surface area contributed by atoms with E-state index in [-0.39, 0.29) is 23.4 Å². The molecule has 1 fully saturated rings. The molecule has 5 N–H and O–H groups in total. The maximum atomic E-state index is 13.2. The van der Waals surface area contributed by atoms with E-state index in [2.05, 4.69) is 25.3 Å². The zero-order valence-corrected chi connectivity index (χ0v) is 21.2. The number of carboxylic acids is 1. The van der Waals surface area contributed by atoms with Crippen molar-refractivity contribution in [1.82, 2.24) is 29.3 Å². The van der Waals surface area contributed by atoms with Gasteiger partial charge in [0.1, 0.15) is 17.7 Å². The molecule has 4 aromatic heterocycles. The highest BCUT2D eigenvalue weighted by molar-refractivity contribution is 6.34. The number of aromatic nitrogens is 5. The molecule has 0 aromatic carbocycles. The summed E-state index contributed by atoms with van der Waals surface area (Å²) >= 11 is 6.55. The molecule has 4 aromatic rings. The largest absolute Gasteiger partial charge is 0.490 e. The Morgan fingerprint density at radius 1 is 1.28 bits per heavy atom. The number of rotatable bonds is 4. The van der Waals surface area contributed by atoms with Gasteiger partial charge < -0.3 is 26.2 Å². The van der Waals surface area contributed by atoms with Gasteiger partial charge in [-0.2, -0.15) is 13.2 Å². The Hall–Kier alpha value is -4.11. The van der Waals surface area contributed by atoms with Crippen molar-refractivity contribution in [2.24, 2.45) is 0 Å². The number of hydrogen-bond acceptors (Lipinski definition) is 8. The van der Waals surface area contributed by atoms with Crippen LogP contribution >= 0.6 is 11.6 Å². The number of nitrogens with two attached hydrogens (primary N) is 1. The van der Waals surface area contributed by atoms with Crippen molar-refractivity contribution in [1.29, 1.82) is 0 Å². The van der Waals surface area contributed by atoms with Crippen molar-refractivity contribution < 1.29 is 33.0 Å². The third-order valence-electron chi connectivity index (χ3n) is 6.12. The number of carboxylic acid groups (broad SMARTS) is 1. The normalized spacial score (nSPS) is 15.2. The van der Waals surface area contributed by atoms with Gasteiger partial charge in [-0.15, -0.1) is 5.10 Å². The minimum Gasteiger partial charge on any atom is -0.475 e. The summed E-state index contributed by atoms with van der Waals surface area (Å²) in [7, 11) is 0. The number of pyridine rings is 1. The van der Waals surface area contributed by atoms with Gasteiger partial charge in [-0.1, -0.05) is 11.6 Å². The van der Waals surface area contributed by atoms with E-state index in [0.717, 1.165) is 16.9 Å². The van der Waals surface area contributed by atoms with Crippen LogP contribution in [-0.4, -0.2) is 71.4 Å². The number of aliphatic hydroxyl groups is 1. The van der Waals surface area contributed by atoms with Gasteiger partial charge in [0, 0.05) is 31.0 Å². The molecule has 1 aliphatic rings. The molecule has 5 heterocycles. The summed E-state index contributed by atoms with van der Waals surface area (Å²) in [6.45, 7) is 3.27. The second-order valence-electron chi connectivity index (χ2n) is 8.78. The zero-order valence-electron chi connectivity index (χ0n) is 20.4. The zero-order chi connectivity index (χ0) is 28.5. The van der Waals surface area contributed by atoms with Crippen molar-refractivity contribution in [3.05, 3.63) is 53.2 Å². The minimum atomic E-state index is -5.08. The van der Waals surface area contributed by atoms with Crippen molar-refractivity contribution >= 4 is 46.3 Å². The van der Waals surface area contributed by atoms with E-state index in [1.54, 1.807) is 31.0 Å². The van der Waals surface area contributed by atoms with Crippen LogP contribution in [0.2, 0.25) is 5.02 Å². The summed E-state index contributed by atoms with van der Waals surface area (Å²) in [4.78, 5) is 32.8. The summed E-state index contributed by atoms with van der Waals surface area (Å²) in [6, 6.07) is 3.18. The fraction of sp³-hybridized carbons (Fsp3) is 0.348. The Bertz CT molecular complexity index is 1510. The second-order valence-corrected chi connectivity index (χ2v) is 9.19. The number of nitrogens with one attached hydrogen (secondary N) is 1. The van der Waals surface area contributed by atoms with E-state index in [1.807, 2.05) is 17.4 Å². The Morgan fingerprint density at radius 3 is 2.59 bits per heavy atom. The number of hydrogen-bond donors (Lipinski definition) is 4. The topological polar surface area (TPSA) is 163 Å². The Morgan fingerprint density at radius 2 is 1.95 bits per heavy atom. The van der Waals surface area contributed by atoms with E-state index in [9.17, 15) is 23.1 Å². The molecule has 5 rings (SSSR count). The van der Waals surface area contributed by atoms with Gasteiger partial charge >= 0.3 is 12.1 Å². The molecule has 1 unspecified atom stereocenters. The molecule has 1 amide bonds. The predicted octanol–water partition coefficient (Wildman–Crippen LogP) is 2.70. The standard InChI is InChI=1S/C21H23ClN8O2.C2HF3O2/c1-12(26-20(32)17-18(23)27-30-6-2-5-25-19(17)30)14-9-15(22)16-10-24-11-29(16)21(14)28-7-3-13(31)4-8-28;3-2(4,5)1(6)7/h2,5-6,9-13,31H,3-4,7-8H2,1H3,(H2,23,27)(H,26,32);(H,6,7). The molecule has 0 saturated carbocycles. The quantitative estimate of drug-likeness (QED) is 0.290. The van der Waals surface area contributed by atoms with Gasteiger partial charge in [-0.05, 0) is 31.9 Å². The summed E-state index contributed by atoms with van der Waals surface area (Å²) in [5, 5.41) is 24.8. The molecule has 0 spiro atoms. The van der Waals surface area contributed by atoms with E-state index < -0.39 is 18.2 Å². The van der Waals surface area contributed by atoms with Crippen molar-refractivity contribution in [3.8, 4) is 0 Å². The molecule has 0 radical (unpaired) electrons. The summed E-state index contributed by atoms with van der Waals surface area (Å²) in [5.41, 5.74) is 8.26. The van der Waals surface area contributed by atoms with Gasteiger partial charge in [0.25, 0.3) is 5.91 Å². The average molecular weight is 569 g/mol. The SMILES string of the molecule is CC(NC(=O)c1c(N)nn2cccnc12)c1cc(Cl)c2cncn2c1N1CCC(O)CC1.O=C(O)C(F)(F)F. The molecular weight excluding hydrogens is 545 g/mol. The molecule has 1 saturated heterocycles. The van der Waals surface area contributed by atoms with Crippen LogP contribution in [0.3, 0.4) is 0 Å². The molecule has 1 atom stereocenters. The number of aliphatic hydroxyl groups excluding tert-OH is 1. The maximum Gasteiger partial charge on any atom is 0.490 e. The van der Waals surface area contributed by atoms with Crippen LogP contribution in [0.25, 0.3) is 11.2 Å². The number of amides is 1. The third-order valence-corrected chi connectivity index (χ3v) is 6.42. The Kier molecular flexibility index (Phi) is 7.83. The van der Waals surface area contributed by atoms with Crippen LogP contribution in [0.15, 0.2) is 37.1 Å². The highest BCUT2D eigenvalue weighted by Crippen LogP contribution is 2.34. The van der Waals surface area contributed by atoms with Crippen LogP contribution in [0.1, 0.15) is 41.7 Å². The minimum absolute atomic E-state index is 0.113. The van der Waals surface area contributed by atoms with Crippen LogP contribution in [0.5, 0.6) is 0 Å². The summed E-state index contributed by atoms with van der Waals surface area (Å²) in [5.74, 6) is -2.12. The molecule has 16 heteroatoms. The highest BCUT2D eigenvalue weighted by atomic mass is 35.5. The fourth-order valence-corrected chi connectivity index (χ4v) is 4.51. The number of piperidine rings is 1. The van der Waals surface area contributed by atoms with Gasteiger partial charge in [0.15, 0.2) is 11.5 Å². The lowest BCUT2D eigenvalue weighted by Crippen LogP contribution is -2.38. The molecular formula is C23H24ClF3N8O4. The fourth-order valence-electron chi connectivity index (χ4n) is 4.25. The molecule has 12 nitrogen and oxygen atoms in total. The van der Waals surface area contributed by atoms with Gasteiger partial charge in [-0.3, -0.25) is 9.20 Å². The van der Waals surface area contributed by atoms with E-state index >= 15 is 0 Å². The van der Waals surface area contributed by atoms with E-state index in [1.165, 1.54) is 4.52 Å². The number of aliphatic carboxylic acids is 1. The molecule has 0 bridgehead atoms. The number of nitrogens with zero attached hydrogens (tertiary/aromatic N) is 6. The summed E-state index contributed by atoms with van der Waals surface area (Å²) < 4.78 is 35.1. The number of alkyl halides is 3. The van der Waals surface area contributed by atoms with Crippen molar-refractivity contribution in [2.45, 2.75) is 38.1 Å². The average Bonchev–Trinajstić information content (AvgIpc) is 3.49. The first-order chi connectivity index (χ1) is 18.4. The number of imidazole rings is 1. The third kappa shape index (κ3) is 5.83. The van der Waals surface area contributed by atoms with Crippen LogP contribution in [0.4, 0.5) is 24.8 Å². The Balaban J connectivity index is 0.000000448. The number of carbonyl (C=O) groups excluding carboxylic acids is 1. The lowest BCUT2D eigenvalue weighted by atomic mass is 10.0. The molecule has 1 aliphatic heterocycles. The van der Waals surface area contributed by atoms with E-state index in [4.69, 9.17) is 27.2 Å². The monoisotopic (exact) mass is 568 g/mol. The van der Waals surface area contributed by atoms with Crippen LogP contribution in [0, 0.1) is 0 Å². The first-order valence-electron chi connectivity index (χ1n) is 11.7. The van der Waals surface area contributed by atoms with Crippen molar-refractivity contribution in [3.63, 3.8) is 0 Å². The van der Waals surface area contributed by atoms with Gasteiger partial charge in [0.05, 0.1) is 28.9 Å². The molecule has 0 aliphatic carbocycles. The lowest BCUT2D eigenvalue weighted by molar-refractivity contribution is -0.192. The lowest BCUT2D eigenvalue weighted by Gasteiger charge is -2.34. The number of carbonyl (C=O) groups is 2. The van der Waals surface area contributed by atoms with Crippen LogP contribution in [-0.2, 0) is 4.79 Å². The first kappa shape index (κ1) is 27.9. The smallest absolute Gasteiger partial charge is 0.475 e.